The Morgan fingerprint density at radius 2 is 2.12 bits per heavy atom. The third kappa shape index (κ3) is 4.58. The number of anilines is 1. The molecule has 0 aliphatic carbocycles. The smallest absolute Gasteiger partial charge is 0.293 e. The lowest BCUT2D eigenvalue weighted by Gasteiger charge is -2.10. The summed E-state index contributed by atoms with van der Waals surface area (Å²) in [6, 6.07) is 5.00. The van der Waals surface area contributed by atoms with Gasteiger partial charge in [0.25, 0.3) is 5.69 Å². The lowest BCUT2D eigenvalue weighted by atomic mass is 10.2. The molecule has 5 nitrogen and oxygen atoms in total. The zero-order valence-corrected chi connectivity index (χ0v) is 10.6. The summed E-state index contributed by atoms with van der Waals surface area (Å²) < 4.78 is 0. The van der Waals surface area contributed by atoms with Crippen molar-refractivity contribution in [3.63, 3.8) is 0 Å². The highest BCUT2D eigenvalue weighted by Gasteiger charge is 2.13. The van der Waals surface area contributed by atoms with Gasteiger partial charge < -0.3 is 10.6 Å². The van der Waals surface area contributed by atoms with Gasteiger partial charge in [-0.15, -0.1) is 0 Å². The van der Waals surface area contributed by atoms with E-state index in [0.29, 0.717) is 23.3 Å². The zero-order chi connectivity index (χ0) is 12.8. The zero-order valence-electron chi connectivity index (χ0n) is 9.87. The van der Waals surface area contributed by atoms with Gasteiger partial charge in [0.15, 0.2) is 0 Å². The van der Waals surface area contributed by atoms with Gasteiger partial charge in [-0.3, -0.25) is 10.1 Å². The van der Waals surface area contributed by atoms with Gasteiger partial charge in [0.05, 0.1) is 4.92 Å². The van der Waals surface area contributed by atoms with E-state index in [1.165, 1.54) is 6.07 Å². The fraction of sp³-hybridized carbons (Fsp3) is 0.455. The minimum absolute atomic E-state index is 0.00190. The van der Waals surface area contributed by atoms with Gasteiger partial charge in [0, 0.05) is 30.2 Å². The Morgan fingerprint density at radius 3 is 2.71 bits per heavy atom. The summed E-state index contributed by atoms with van der Waals surface area (Å²) in [5.74, 6) is 0. The van der Waals surface area contributed by atoms with Crippen LogP contribution in [0.1, 0.15) is 13.8 Å². The molecule has 0 aliphatic heterocycles. The van der Waals surface area contributed by atoms with Gasteiger partial charge in [-0.2, -0.15) is 0 Å². The van der Waals surface area contributed by atoms with E-state index in [2.05, 4.69) is 10.6 Å². The van der Waals surface area contributed by atoms with Crippen LogP contribution in [0.15, 0.2) is 18.2 Å². The molecule has 1 rings (SSSR count). The molecule has 0 saturated carbocycles. The average Bonchev–Trinajstić information content (AvgIpc) is 2.25. The molecule has 0 bridgehead atoms. The van der Waals surface area contributed by atoms with Crippen LogP contribution in [0.5, 0.6) is 0 Å². The number of nitrogens with zero attached hydrogens (tertiary/aromatic N) is 1. The van der Waals surface area contributed by atoms with Crippen molar-refractivity contribution in [2.24, 2.45) is 0 Å². The maximum atomic E-state index is 10.8. The SMILES string of the molecule is CC(C)NCCNc1ccc(Cl)cc1[N+](=O)[O-]. The summed E-state index contributed by atoms with van der Waals surface area (Å²) in [7, 11) is 0. The second kappa shape index (κ2) is 6.42. The Kier molecular flexibility index (Phi) is 5.18. The fourth-order valence-corrected chi connectivity index (χ4v) is 1.53. The highest BCUT2D eigenvalue weighted by Crippen LogP contribution is 2.27. The molecule has 2 N–H and O–H groups in total. The van der Waals surface area contributed by atoms with E-state index in [1.807, 2.05) is 13.8 Å². The van der Waals surface area contributed by atoms with E-state index in [0.717, 1.165) is 6.54 Å². The van der Waals surface area contributed by atoms with Crippen LogP contribution in [0.3, 0.4) is 0 Å². The summed E-state index contributed by atoms with van der Waals surface area (Å²) in [4.78, 5) is 10.4. The van der Waals surface area contributed by atoms with E-state index in [9.17, 15) is 10.1 Å². The second-order valence-corrected chi connectivity index (χ2v) is 4.39. The summed E-state index contributed by atoms with van der Waals surface area (Å²) in [6.45, 7) is 5.47. The largest absolute Gasteiger partial charge is 0.378 e. The molecule has 0 fully saturated rings. The van der Waals surface area contributed by atoms with Crippen LogP contribution in [0, 0.1) is 10.1 Å². The minimum Gasteiger partial charge on any atom is -0.378 e. The third-order valence-electron chi connectivity index (χ3n) is 2.15. The monoisotopic (exact) mass is 257 g/mol. The van der Waals surface area contributed by atoms with Crippen LogP contribution in [-0.4, -0.2) is 24.1 Å². The lowest BCUT2D eigenvalue weighted by Crippen LogP contribution is -2.28. The molecular formula is C11H16ClN3O2. The van der Waals surface area contributed by atoms with E-state index < -0.39 is 4.92 Å². The lowest BCUT2D eigenvalue weighted by molar-refractivity contribution is -0.383. The first kappa shape index (κ1) is 13.7. The van der Waals surface area contributed by atoms with Crippen LogP contribution in [0.4, 0.5) is 11.4 Å². The molecule has 94 valence electrons. The Labute approximate surface area is 105 Å². The van der Waals surface area contributed by atoms with Crippen LogP contribution < -0.4 is 10.6 Å². The number of nitrogens with one attached hydrogen (secondary N) is 2. The first-order valence-corrected chi connectivity index (χ1v) is 5.79. The van der Waals surface area contributed by atoms with Crippen molar-refractivity contribution in [1.82, 2.24) is 5.32 Å². The van der Waals surface area contributed by atoms with Gasteiger partial charge >= 0.3 is 0 Å². The van der Waals surface area contributed by atoms with Crippen molar-refractivity contribution in [2.75, 3.05) is 18.4 Å². The molecule has 1 aromatic rings. The fourth-order valence-electron chi connectivity index (χ4n) is 1.36. The highest BCUT2D eigenvalue weighted by atomic mass is 35.5. The molecule has 0 heterocycles. The summed E-state index contributed by atoms with van der Waals surface area (Å²) in [5, 5.41) is 17.4. The molecular weight excluding hydrogens is 242 g/mol. The Morgan fingerprint density at radius 1 is 1.41 bits per heavy atom. The quantitative estimate of drug-likeness (QED) is 0.467. The predicted molar refractivity (Wildman–Crippen MR) is 69.7 cm³/mol. The maximum absolute atomic E-state index is 10.8. The van der Waals surface area contributed by atoms with E-state index in [-0.39, 0.29) is 5.69 Å². The maximum Gasteiger partial charge on any atom is 0.293 e. The normalized spacial score (nSPS) is 10.6. The van der Waals surface area contributed by atoms with Gasteiger partial charge in [-0.1, -0.05) is 25.4 Å². The molecule has 0 aromatic heterocycles. The summed E-state index contributed by atoms with van der Waals surface area (Å²) >= 11 is 5.72. The van der Waals surface area contributed by atoms with Crippen LogP contribution >= 0.6 is 11.6 Å². The Hall–Kier alpha value is -1.33. The predicted octanol–water partition coefficient (Wildman–Crippen LogP) is 2.66. The standard InChI is InChI=1S/C11H16ClN3O2/c1-8(2)13-5-6-14-10-4-3-9(12)7-11(10)15(16)17/h3-4,7-8,13-14H,5-6H2,1-2H3. The first-order valence-electron chi connectivity index (χ1n) is 5.42. The number of halogens is 1. The number of nitro groups is 1. The molecule has 0 atom stereocenters. The van der Waals surface area contributed by atoms with Gasteiger partial charge in [0.1, 0.15) is 5.69 Å². The van der Waals surface area contributed by atoms with E-state index in [4.69, 9.17) is 11.6 Å². The Balaban J connectivity index is 2.61. The second-order valence-electron chi connectivity index (χ2n) is 3.95. The summed E-state index contributed by atoms with van der Waals surface area (Å²) in [6.07, 6.45) is 0. The third-order valence-corrected chi connectivity index (χ3v) is 2.38. The van der Waals surface area contributed by atoms with Crippen LogP contribution in [0.25, 0.3) is 0 Å². The summed E-state index contributed by atoms with van der Waals surface area (Å²) in [5.41, 5.74) is 0.493. The molecule has 17 heavy (non-hydrogen) atoms. The van der Waals surface area contributed by atoms with Crippen molar-refractivity contribution in [3.05, 3.63) is 33.3 Å². The number of rotatable bonds is 6. The molecule has 0 radical (unpaired) electrons. The van der Waals surface area contributed by atoms with Crippen molar-refractivity contribution in [2.45, 2.75) is 19.9 Å². The number of benzene rings is 1. The van der Waals surface area contributed by atoms with Crippen molar-refractivity contribution in [1.29, 1.82) is 0 Å². The molecule has 0 unspecified atom stereocenters. The number of hydrogen-bond acceptors (Lipinski definition) is 4. The average molecular weight is 258 g/mol. The van der Waals surface area contributed by atoms with Gasteiger partial charge in [-0.25, -0.2) is 0 Å². The molecule has 0 spiro atoms. The topological polar surface area (TPSA) is 67.2 Å². The van der Waals surface area contributed by atoms with Gasteiger partial charge in [-0.05, 0) is 12.1 Å². The van der Waals surface area contributed by atoms with Crippen LogP contribution in [-0.2, 0) is 0 Å². The number of hydrogen-bond donors (Lipinski definition) is 2. The molecule has 0 amide bonds. The van der Waals surface area contributed by atoms with E-state index >= 15 is 0 Å². The van der Waals surface area contributed by atoms with Crippen molar-refractivity contribution < 1.29 is 4.92 Å². The molecule has 6 heteroatoms. The van der Waals surface area contributed by atoms with E-state index in [1.54, 1.807) is 12.1 Å². The van der Waals surface area contributed by atoms with Crippen molar-refractivity contribution >= 4 is 23.0 Å². The first-order chi connectivity index (χ1) is 8.00. The number of nitro benzene ring substituents is 1. The Bertz CT molecular complexity index is 396. The van der Waals surface area contributed by atoms with Gasteiger partial charge in [0.2, 0.25) is 0 Å². The van der Waals surface area contributed by atoms with Crippen LogP contribution in [0.2, 0.25) is 5.02 Å². The van der Waals surface area contributed by atoms with Crippen molar-refractivity contribution in [3.8, 4) is 0 Å². The molecule has 0 saturated heterocycles. The molecule has 0 aliphatic rings. The highest BCUT2D eigenvalue weighted by molar-refractivity contribution is 6.30. The minimum atomic E-state index is -0.440. The molecule has 1 aromatic carbocycles.